The zero-order chi connectivity index (χ0) is 8.72. The second kappa shape index (κ2) is 2.47. The minimum absolute atomic E-state index is 0.0827. The number of amides is 3. The quantitative estimate of drug-likeness (QED) is 0.556. The van der Waals surface area contributed by atoms with Crippen LogP contribution in [0, 0.1) is 5.92 Å². The second-order valence-corrected chi connectivity index (χ2v) is 3.56. The Morgan fingerprint density at radius 3 is 2.50 bits per heavy atom. The molecule has 66 valence electrons. The number of hydrogen-bond acceptors (Lipinski definition) is 2. The predicted molar refractivity (Wildman–Crippen MR) is 42.5 cm³/mol. The summed E-state index contributed by atoms with van der Waals surface area (Å²) in [6.07, 6.45) is 2.42. The van der Waals surface area contributed by atoms with Crippen molar-refractivity contribution in [2.45, 2.75) is 12.8 Å². The maximum absolute atomic E-state index is 11.3. The molecule has 0 N–H and O–H groups in total. The highest BCUT2D eigenvalue weighted by Gasteiger charge is 2.36. The van der Waals surface area contributed by atoms with Crippen molar-refractivity contribution in [2.24, 2.45) is 5.92 Å². The van der Waals surface area contributed by atoms with Crippen LogP contribution in [-0.2, 0) is 4.79 Å². The monoisotopic (exact) mass is 168 g/mol. The lowest BCUT2D eigenvalue weighted by atomic mass is 10.4. The van der Waals surface area contributed by atoms with Gasteiger partial charge in [-0.15, -0.1) is 0 Å². The Morgan fingerprint density at radius 2 is 2.08 bits per heavy atom. The smallest absolute Gasteiger partial charge is 0.315 e. The van der Waals surface area contributed by atoms with E-state index in [2.05, 4.69) is 0 Å². The van der Waals surface area contributed by atoms with Gasteiger partial charge in [-0.2, -0.15) is 0 Å². The highest BCUT2D eigenvalue weighted by atomic mass is 16.2. The molecule has 12 heavy (non-hydrogen) atoms. The van der Waals surface area contributed by atoms with E-state index >= 15 is 0 Å². The van der Waals surface area contributed by atoms with Crippen LogP contribution in [0.25, 0.3) is 0 Å². The van der Waals surface area contributed by atoms with Crippen LogP contribution in [0.3, 0.4) is 0 Å². The average Bonchev–Trinajstić information content (AvgIpc) is 2.80. The van der Waals surface area contributed by atoms with E-state index in [4.69, 9.17) is 0 Å². The maximum atomic E-state index is 11.3. The van der Waals surface area contributed by atoms with Gasteiger partial charge in [-0.05, 0) is 18.8 Å². The number of carbonyl (C=O) groups is 2. The van der Waals surface area contributed by atoms with Gasteiger partial charge in [0.05, 0.1) is 0 Å². The molecule has 0 bridgehead atoms. The van der Waals surface area contributed by atoms with Gasteiger partial charge >= 0.3 is 6.03 Å². The molecule has 1 heterocycles. The summed E-state index contributed by atoms with van der Waals surface area (Å²) in [5.74, 6) is 0.578. The van der Waals surface area contributed by atoms with Crippen molar-refractivity contribution < 1.29 is 9.59 Å². The minimum atomic E-state index is -0.132. The molecule has 1 saturated carbocycles. The van der Waals surface area contributed by atoms with Gasteiger partial charge < -0.3 is 4.90 Å². The molecule has 1 saturated heterocycles. The summed E-state index contributed by atoms with van der Waals surface area (Å²) >= 11 is 0. The lowest BCUT2D eigenvalue weighted by Crippen LogP contribution is -2.31. The Hall–Kier alpha value is -1.06. The molecule has 4 nitrogen and oxygen atoms in total. The predicted octanol–water partition coefficient (Wildman–Crippen LogP) is 0.290. The Labute approximate surface area is 71.1 Å². The fourth-order valence-corrected chi connectivity index (χ4v) is 1.41. The van der Waals surface area contributed by atoms with Crippen LogP contribution in [-0.4, -0.2) is 41.9 Å². The highest BCUT2D eigenvalue weighted by molar-refractivity contribution is 6.01. The molecule has 4 heteroatoms. The van der Waals surface area contributed by atoms with E-state index in [-0.39, 0.29) is 18.5 Å². The standard InChI is InChI=1S/C8H12N2O2/c1-9-7(11)5-10(8(9)12)4-6-2-3-6/h6H,2-5H2,1H3. The van der Waals surface area contributed by atoms with Gasteiger partial charge in [0.15, 0.2) is 0 Å². The summed E-state index contributed by atoms with van der Waals surface area (Å²) < 4.78 is 0. The molecule has 3 amide bonds. The Morgan fingerprint density at radius 1 is 1.42 bits per heavy atom. The first-order valence-corrected chi connectivity index (χ1v) is 4.24. The Kier molecular flexibility index (Phi) is 1.56. The number of likely N-dealkylation sites (N-methyl/N-ethyl adjacent to an activating group) is 1. The molecule has 0 radical (unpaired) electrons. The first kappa shape index (κ1) is 7.58. The molecule has 0 atom stereocenters. The second-order valence-electron chi connectivity index (χ2n) is 3.56. The number of carbonyl (C=O) groups excluding carboxylic acids is 2. The van der Waals surface area contributed by atoms with Crippen molar-refractivity contribution in [3.05, 3.63) is 0 Å². The summed E-state index contributed by atoms with van der Waals surface area (Å²) in [5, 5.41) is 0. The summed E-state index contributed by atoms with van der Waals surface area (Å²) in [5.41, 5.74) is 0. The fourth-order valence-electron chi connectivity index (χ4n) is 1.41. The van der Waals surface area contributed by atoms with Crippen molar-refractivity contribution in [1.82, 2.24) is 9.80 Å². The average molecular weight is 168 g/mol. The molecule has 2 rings (SSSR count). The molecule has 0 aromatic heterocycles. The first-order valence-electron chi connectivity index (χ1n) is 4.24. The third-order valence-corrected chi connectivity index (χ3v) is 2.43. The van der Waals surface area contributed by atoms with Gasteiger partial charge in [0.2, 0.25) is 5.91 Å². The van der Waals surface area contributed by atoms with Crippen LogP contribution < -0.4 is 0 Å². The molecule has 0 unspecified atom stereocenters. The van der Waals surface area contributed by atoms with Crippen LogP contribution >= 0.6 is 0 Å². The van der Waals surface area contributed by atoms with E-state index in [9.17, 15) is 9.59 Å². The van der Waals surface area contributed by atoms with Crippen molar-refractivity contribution in [2.75, 3.05) is 20.1 Å². The lowest BCUT2D eigenvalue weighted by molar-refractivity contribution is -0.124. The number of hydrogen-bond donors (Lipinski definition) is 0. The molecule has 2 aliphatic rings. The van der Waals surface area contributed by atoms with Crippen molar-refractivity contribution >= 4 is 11.9 Å². The van der Waals surface area contributed by atoms with Crippen LogP contribution in [0.15, 0.2) is 0 Å². The highest BCUT2D eigenvalue weighted by Crippen LogP contribution is 2.30. The van der Waals surface area contributed by atoms with Crippen LogP contribution in [0.4, 0.5) is 4.79 Å². The van der Waals surface area contributed by atoms with E-state index in [1.54, 1.807) is 4.90 Å². The van der Waals surface area contributed by atoms with E-state index in [0.29, 0.717) is 5.92 Å². The number of rotatable bonds is 2. The molecule has 2 fully saturated rings. The Bertz CT molecular complexity index is 235. The number of nitrogens with zero attached hydrogens (tertiary/aromatic N) is 2. The molecule has 0 aromatic carbocycles. The fraction of sp³-hybridized carbons (Fsp3) is 0.750. The minimum Gasteiger partial charge on any atom is -0.315 e. The SMILES string of the molecule is CN1C(=O)CN(CC2CC2)C1=O. The summed E-state index contributed by atoms with van der Waals surface area (Å²) in [4.78, 5) is 25.2. The normalized spacial score (nSPS) is 24.1. The van der Waals surface area contributed by atoms with Gasteiger partial charge in [0, 0.05) is 13.6 Å². The van der Waals surface area contributed by atoms with Gasteiger partial charge in [-0.1, -0.05) is 0 Å². The van der Waals surface area contributed by atoms with E-state index < -0.39 is 0 Å². The molecular weight excluding hydrogens is 156 g/mol. The summed E-state index contributed by atoms with van der Waals surface area (Å²) in [6, 6.07) is -0.132. The lowest BCUT2D eigenvalue weighted by Gasteiger charge is -2.13. The summed E-state index contributed by atoms with van der Waals surface area (Å²) in [7, 11) is 1.54. The zero-order valence-corrected chi connectivity index (χ0v) is 7.12. The van der Waals surface area contributed by atoms with Gasteiger partial charge in [-0.3, -0.25) is 9.69 Å². The van der Waals surface area contributed by atoms with Gasteiger partial charge in [0.1, 0.15) is 6.54 Å². The van der Waals surface area contributed by atoms with Gasteiger partial charge in [-0.25, -0.2) is 4.79 Å². The Balaban J connectivity index is 1.98. The molecule has 0 aromatic rings. The number of imide groups is 1. The van der Waals surface area contributed by atoms with Crippen molar-refractivity contribution in [3.8, 4) is 0 Å². The molecular formula is C8H12N2O2. The van der Waals surface area contributed by atoms with Crippen LogP contribution in [0.2, 0.25) is 0 Å². The van der Waals surface area contributed by atoms with Crippen molar-refractivity contribution in [3.63, 3.8) is 0 Å². The number of urea groups is 1. The third kappa shape index (κ3) is 1.17. The van der Waals surface area contributed by atoms with Crippen LogP contribution in [0.1, 0.15) is 12.8 Å². The zero-order valence-electron chi connectivity index (χ0n) is 7.12. The molecule has 1 aliphatic heterocycles. The molecule has 1 aliphatic carbocycles. The largest absolute Gasteiger partial charge is 0.326 e. The van der Waals surface area contributed by atoms with E-state index in [0.717, 1.165) is 6.54 Å². The van der Waals surface area contributed by atoms with Crippen LogP contribution in [0.5, 0.6) is 0 Å². The van der Waals surface area contributed by atoms with Gasteiger partial charge in [0.25, 0.3) is 0 Å². The summed E-state index contributed by atoms with van der Waals surface area (Å²) in [6.45, 7) is 1.06. The maximum Gasteiger partial charge on any atom is 0.326 e. The van der Waals surface area contributed by atoms with E-state index in [1.165, 1.54) is 24.8 Å². The third-order valence-electron chi connectivity index (χ3n) is 2.43. The van der Waals surface area contributed by atoms with E-state index in [1.807, 2.05) is 0 Å². The topological polar surface area (TPSA) is 40.6 Å². The molecule has 0 spiro atoms. The van der Waals surface area contributed by atoms with Crippen molar-refractivity contribution in [1.29, 1.82) is 0 Å². The first-order chi connectivity index (χ1) is 5.68.